The Labute approximate surface area is 109 Å². The minimum absolute atomic E-state index is 0.850. The largest absolute Gasteiger partial charge is 0.493 e. The van der Waals surface area contributed by atoms with E-state index >= 15 is 0 Å². The van der Waals surface area contributed by atoms with Gasteiger partial charge in [0.2, 0.25) is 0 Å². The van der Waals surface area contributed by atoms with Gasteiger partial charge in [0, 0.05) is 12.6 Å². The SMILES string of the molecule is c1ccc2c(c1)CCO2.c1cnc2ncsc2c1. The summed E-state index contributed by atoms with van der Waals surface area (Å²) >= 11 is 1.61. The minimum atomic E-state index is 0.850. The summed E-state index contributed by atoms with van der Waals surface area (Å²) in [5.41, 5.74) is 4.00. The fourth-order valence-corrected chi connectivity index (χ4v) is 2.46. The van der Waals surface area contributed by atoms with E-state index in [0.29, 0.717) is 0 Å². The van der Waals surface area contributed by atoms with Crippen molar-refractivity contribution in [3.8, 4) is 5.75 Å². The Morgan fingerprint density at radius 3 is 2.89 bits per heavy atom. The van der Waals surface area contributed by atoms with E-state index in [9.17, 15) is 0 Å². The molecule has 2 aromatic heterocycles. The third-order valence-corrected chi connectivity index (χ3v) is 3.49. The van der Waals surface area contributed by atoms with Gasteiger partial charge in [-0.2, -0.15) is 0 Å². The van der Waals surface area contributed by atoms with Crippen molar-refractivity contribution in [1.82, 2.24) is 9.97 Å². The highest BCUT2D eigenvalue weighted by Crippen LogP contribution is 2.23. The number of thiazole rings is 1. The standard InChI is InChI=1S/C8H8O.C6H4N2S/c1-2-4-8-7(3-1)5-6-9-8;1-2-5-6(7-3-1)8-4-9-5/h1-4H,5-6H2;1-4H. The number of benzene rings is 1. The van der Waals surface area contributed by atoms with E-state index in [2.05, 4.69) is 16.0 Å². The summed E-state index contributed by atoms with van der Waals surface area (Å²) in [4.78, 5) is 8.07. The van der Waals surface area contributed by atoms with Crippen molar-refractivity contribution >= 4 is 21.7 Å². The van der Waals surface area contributed by atoms with Crippen molar-refractivity contribution in [2.24, 2.45) is 0 Å². The van der Waals surface area contributed by atoms with Gasteiger partial charge in [-0.15, -0.1) is 11.3 Å². The number of hydrogen-bond donors (Lipinski definition) is 0. The second-order valence-corrected chi connectivity index (χ2v) is 4.77. The maximum atomic E-state index is 5.30. The molecule has 0 saturated carbocycles. The Morgan fingerprint density at radius 1 is 1.06 bits per heavy atom. The number of ether oxygens (including phenoxy) is 1. The van der Waals surface area contributed by atoms with Crippen molar-refractivity contribution in [2.45, 2.75) is 6.42 Å². The number of rotatable bonds is 0. The molecular formula is C14H12N2OS. The molecule has 0 saturated heterocycles. The Balaban J connectivity index is 0.000000111. The predicted octanol–water partition coefficient (Wildman–Crippen LogP) is 3.31. The fourth-order valence-electron chi connectivity index (χ4n) is 1.83. The van der Waals surface area contributed by atoms with Gasteiger partial charge >= 0.3 is 0 Å². The average molecular weight is 256 g/mol. The van der Waals surface area contributed by atoms with Crippen molar-refractivity contribution in [3.63, 3.8) is 0 Å². The molecule has 0 radical (unpaired) electrons. The number of para-hydroxylation sites is 1. The molecule has 4 heteroatoms. The number of nitrogens with zero attached hydrogens (tertiary/aromatic N) is 2. The molecule has 0 atom stereocenters. The maximum absolute atomic E-state index is 5.30. The first-order chi connectivity index (χ1) is 8.93. The van der Waals surface area contributed by atoms with Crippen molar-refractivity contribution in [2.75, 3.05) is 6.61 Å². The molecule has 1 aliphatic rings. The third-order valence-electron chi connectivity index (χ3n) is 2.71. The van der Waals surface area contributed by atoms with Crippen LogP contribution in [0.1, 0.15) is 5.56 Å². The zero-order valence-corrected chi connectivity index (χ0v) is 10.6. The van der Waals surface area contributed by atoms with Crippen molar-refractivity contribution in [3.05, 3.63) is 53.7 Å². The van der Waals surface area contributed by atoms with Gasteiger partial charge in [-0.1, -0.05) is 18.2 Å². The van der Waals surface area contributed by atoms with Crippen LogP contribution in [0.5, 0.6) is 5.75 Å². The summed E-state index contributed by atoms with van der Waals surface area (Å²) in [5, 5.41) is 0. The monoisotopic (exact) mass is 256 g/mol. The highest BCUT2D eigenvalue weighted by atomic mass is 32.1. The highest BCUT2D eigenvalue weighted by molar-refractivity contribution is 7.16. The summed E-state index contributed by atoms with van der Waals surface area (Å²) in [6, 6.07) is 12.1. The molecule has 1 aromatic carbocycles. The average Bonchev–Trinajstić information content (AvgIpc) is 3.08. The van der Waals surface area contributed by atoms with E-state index in [1.807, 2.05) is 30.3 Å². The lowest BCUT2D eigenvalue weighted by atomic mass is 10.2. The van der Waals surface area contributed by atoms with Gasteiger partial charge in [0.25, 0.3) is 0 Å². The smallest absolute Gasteiger partial charge is 0.170 e. The predicted molar refractivity (Wildman–Crippen MR) is 73.1 cm³/mol. The first kappa shape index (κ1) is 11.2. The van der Waals surface area contributed by atoms with Crippen LogP contribution < -0.4 is 4.74 Å². The fraction of sp³-hybridized carbons (Fsp3) is 0.143. The molecule has 90 valence electrons. The molecule has 1 aliphatic heterocycles. The van der Waals surface area contributed by atoms with Crippen LogP contribution >= 0.6 is 11.3 Å². The van der Waals surface area contributed by atoms with Gasteiger partial charge in [0.15, 0.2) is 5.65 Å². The summed E-state index contributed by atoms with van der Waals surface area (Å²) in [6.07, 6.45) is 2.83. The first-order valence-electron chi connectivity index (χ1n) is 5.78. The molecule has 0 amide bonds. The second kappa shape index (κ2) is 5.14. The normalized spacial score (nSPS) is 12.4. The van der Waals surface area contributed by atoms with E-state index in [-0.39, 0.29) is 0 Å². The van der Waals surface area contributed by atoms with Crippen LogP contribution in [0, 0.1) is 0 Å². The minimum Gasteiger partial charge on any atom is -0.493 e. The van der Waals surface area contributed by atoms with E-state index in [4.69, 9.17) is 4.74 Å². The lowest BCUT2D eigenvalue weighted by Crippen LogP contribution is -1.85. The molecule has 0 N–H and O–H groups in total. The van der Waals surface area contributed by atoms with Crippen LogP contribution in [-0.2, 0) is 6.42 Å². The molecule has 0 aliphatic carbocycles. The quantitative estimate of drug-likeness (QED) is 0.619. The highest BCUT2D eigenvalue weighted by Gasteiger charge is 2.08. The molecule has 0 bridgehead atoms. The summed E-state index contributed by atoms with van der Waals surface area (Å²) in [5.74, 6) is 1.07. The van der Waals surface area contributed by atoms with E-state index < -0.39 is 0 Å². The maximum Gasteiger partial charge on any atom is 0.170 e. The molecule has 0 spiro atoms. The Bertz CT molecular complexity index is 598. The zero-order valence-electron chi connectivity index (χ0n) is 9.74. The topological polar surface area (TPSA) is 35.0 Å². The summed E-state index contributed by atoms with van der Waals surface area (Å²) < 4.78 is 6.45. The van der Waals surface area contributed by atoms with Crippen LogP contribution in [-0.4, -0.2) is 16.6 Å². The van der Waals surface area contributed by atoms with Gasteiger partial charge in [-0.3, -0.25) is 0 Å². The zero-order chi connectivity index (χ0) is 12.2. The molecule has 18 heavy (non-hydrogen) atoms. The number of fused-ring (bicyclic) bond motifs is 2. The van der Waals surface area contributed by atoms with Crippen LogP contribution in [0.4, 0.5) is 0 Å². The summed E-state index contributed by atoms with van der Waals surface area (Å²) in [6.45, 7) is 0.860. The van der Waals surface area contributed by atoms with Crippen LogP contribution in [0.15, 0.2) is 48.1 Å². The van der Waals surface area contributed by atoms with Gasteiger partial charge in [-0.25, -0.2) is 9.97 Å². The molecular weight excluding hydrogens is 244 g/mol. The lowest BCUT2D eigenvalue weighted by molar-refractivity contribution is 0.357. The first-order valence-corrected chi connectivity index (χ1v) is 6.66. The molecule has 3 aromatic rings. The number of pyridine rings is 1. The summed E-state index contributed by atoms with van der Waals surface area (Å²) in [7, 11) is 0. The van der Waals surface area contributed by atoms with Crippen molar-refractivity contribution in [1.29, 1.82) is 0 Å². The van der Waals surface area contributed by atoms with E-state index in [0.717, 1.165) is 29.1 Å². The van der Waals surface area contributed by atoms with Crippen LogP contribution in [0.2, 0.25) is 0 Å². The molecule has 4 rings (SSSR count). The van der Waals surface area contributed by atoms with Crippen LogP contribution in [0.3, 0.4) is 0 Å². The Morgan fingerprint density at radius 2 is 2.00 bits per heavy atom. The lowest BCUT2D eigenvalue weighted by Gasteiger charge is -1.93. The van der Waals surface area contributed by atoms with Gasteiger partial charge in [0.05, 0.1) is 16.8 Å². The van der Waals surface area contributed by atoms with E-state index in [1.165, 1.54) is 5.56 Å². The van der Waals surface area contributed by atoms with E-state index in [1.54, 1.807) is 23.0 Å². The molecule has 0 fully saturated rings. The van der Waals surface area contributed by atoms with Crippen molar-refractivity contribution < 1.29 is 4.74 Å². The molecule has 3 heterocycles. The van der Waals surface area contributed by atoms with Gasteiger partial charge < -0.3 is 4.74 Å². The second-order valence-electron chi connectivity index (χ2n) is 3.88. The molecule has 0 unspecified atom stereocenters. The Hall–Kier alpha value is -1.94. The number of aromatic nitrogens is 2. The molecule has 3 nitrogen and oxygen atoms in total. The van der Waals surface area contributed by atoms with Gasteiger partial charge in [0.1, 0.15) is 5.75 Å². The van der Waals surface area contributed by atoms with Gasteiger partial charge in [-0.05, 0) is 23.8 Å². The number of hydrogen-bond acceptors (Lipinski definition) is 4. The Kier molecular flexibility index (Phi) is 3.19. The van der Waals surface area contributed by atoms with Crippen LogP contribution in [0.25, 0.3) is 10.3 Å². The third kappa shape index (κ3) is 2.33.